The van der Waals surface area contributed by atoms with Crippen molar-refractivity contribution in [1.29, 1.82) is 0 Å². The second kappa shape index (κ2) is 8.14. The SMILES string of the molecule is C=CC(=O)NCC(C)(C)C1CCN(C(=O)Cn2ccc(C(F)(F)F)n2)CC1. The fourth-order valence-corrected chi connectivity index (χ4v) is 3.28. The number of hydrogen-bond donors (Lipinski definition) is 1. The number of rotatable bonds is 6. The molecule has 1 N–H and O–H groups in total. The molecule has 6 nitrogen and oxygen atoms in total. The van der Waals surface area contributed by atoms with Gasteiger partial charge in [-0.1, -0.05) is 20.4 Å². The summed E-state index contributed by atoms with van der Waals surface area (Å²) < 4.78 is 38.8. The van der Waals surface area contributed by atoms with Crippen molar-refractivity contribution in [2.75, 3.05) is 19.6 Å². The minimum Gasteiger partial charge on any atom is -0.352 e. The lowest BCUT2D eigenvalue weighted by Crippen LogP contribution is -2.46. The standard InChI is InChI=1S/C18H25F3N4O2/c1-4-15(26)22-12-17(2,3)13-5-8-24(9-6-13)16(27)11-25-10-7-14(23-25)18(19,20)21/h4,7,10,13H,1,5-6,8-9,11-12H2,2-3H3,(H,22,26). The molecule has 0 aromatic carbocycles. The predicted octanol–water partition coefficient (Wildman–Crippen LogP) is 2.47. The first kappa shape index (κ1) is 21.0. The van der Waals surface area contributed by atoms with Gasteiger partial charge in [-0.05, 0) is 36.3 Å². The van der Waals surface area contributed by atoms with Crippen LogP contribution in [0, 0.1) is 11.3 Å². The van der Waals surface area contributed by atoms with E-state index in [0.717, 1.165) is 23.6 Å². The van der Waals surface area contributed by atoms with Crippen molar-refractivity contribution >= 4 is 11.8 Å². The van der Waals surface area contributed by atoms with Crippen molar-refractivity contribution in [2.24, 2.45) is 11.3 Å². The molecule has 1 aromatic rings. The van der Waals surface area contributed by atoms with Crippen molar-refractivity contribution in [3.63, 3.8) is 0 Å². The van der Waals surface area contributed by atoms with Crippen LogP contribution in [0.4, 0.5) is 13.2 Å². The van der Waals surface area contributed by atoms with Crippen LogP contribution in [0.25, 0.3) is 0 Å². The van der Waals surface area contributed by atoms with E-state index in [1.165, 1.54) is 12.3 Å². The normalized spacial score (nSPS) is 16.3. The van der Waals surface area contributed by atoms with Gasteiger partial charge in [0.15, 0.2) is 5.69 Å². The van der Waals surface area contributed by atoms with Crippen molar-refractivity contribution in [2.45, 2.75) is 39.4 Å². The Bertz CT molecular complexity index is 689. The van der Waals surface area contributed by atoms with E-state index in [-0.39, 0.29) is 23.8 Å². The van der Waals surface area contributed by atoms with Crippen LogP contribution in [0.2, 0.25) is 0 Å². The highest BCUT2D eigenvalue weighted by Gasteiger charge is 2.35. The smallest absolute Gasteiger partial charge is 0.352 e. The van der Waals surface area contributed by atoms with Crippen LogP contribution in [0.15, 0.2) is 24.9 Å². The number of halogens is 3. The van der Waals surface area contributed by atoms with Gasteiger partial charge in [0, 0.05) is 25.8 Å². The van der Waals surface area contributed by atoms with Crippen molar-refractivity contribution in [3.8, 4) is 0 Å². The molecule has 0 atom stereocenters. The third-order valence-electron chi connectivity index (χ3n) is 5.08. The van der Waals surface area contributed by atoms with Crippen molar-refractivity contribution < 1.29 is 22.8 Å². The Morgan fingerprint density at radius 3 is 2.48 bits per heavy atom. The van der Waals surface area contributed by atoms with Crippen molar-refractivity contribution in [3.05, 3.63) is 30.6 Å². The largest absolute Gasteiger partial charge is 0.435 e. The van der Waals surface area contributed by atoms with E-state index in [1.54, 1.807) is 4.90 Å². The van der Waals surface area contributed by atoms with Gasteiger partial charge in [-0.25, -0.2) is 0 Å². The van der Waals surface area contributed by atoms with Crippen LogP contribution in [0.1, 0.15) is 32.4 Å². The summed E-state index contributed by atoms with van der Waals surface area (Å²) in [7, 11) is 0. The molecule has 150 valence electrons. The second-order valence-electron chi connectivity index (χ2n) is 7.46. The van der Waals surface area contributed by atoms with Gasteiger partial charge in [0.25, 0.3) is 0 Å². The third-order valence-corrected chi connectivity index (χ3v) is 5.08. The molecule has 1 aliphatic rings. The molecule has 1 aromatic heterocycles. The number of amides is 2. The number of hydrogen-bond acceptors (Lipinski definition) is 3. The lowest BCUT2D eigenvalue weighted by Gasteiger charge is -2.40. The van der Waals surface area contributed by atoms with Crippen LogP contribution in [0.5, 0.6) is 0 Å². The molecule has 0 radical (unpaired) electrons. The lowest BCUT2D eigenvalue weighted by atomic mass is 9.73. The first-order chi connectivity index (χ1) is 12.5. The summed E-state index contributed by atoms with van der Waals surface area (Å²) in [6.45, 7) is 8.95. The number of carbonyl (C=O) groups is 2. The fourth-order valence-electron chi connectivity index (χ4n) is 3.28. The first-order valence-electron chi connectivity index (χ1n) is 8.81. The number of alkyl halides is 3. The number of aromatic nitrogens is 2. The number of nitrogens with zero attached hydrogens (tertiary/aromatic N) is 3. The molecular weight excluding hydrogens is 361 g/mol. The Balaban J connectivity index is 1.85. The van der Waals surface area contributed by atoms with Gasteiger partial charge in [0.1, 0.15) is 6.54 Å². The van der Waals surface area contributed by atoms with E-state index < -0.39 is 11.9 Å². The Labute approximate surface area is 156 Å². The molecule has 0 aliphatic carbocycles. The zero-order chi connectivity index (χ0) is 20.2. The quantitative estimate of drug-likeness (QED) is 0.764. The molecular formula is C18H25F3N4O2. The Morgan fingerprint density at radius 1 is 1.33 bits per heavy atom. The van der Waals surface area contributed by atoms with Gasteiger partial charge in [0.2, 0.25) is 11.8 Å². The Hall–Kier alpha value is -2.32. The Morgan fingerprint density at radius 2 is 1.96 bits per heavy atom. The molecule has 0 spiro atoms. The zero-order valence-electron chi connectivity index (χ0n) is 15.6. The van der Waals surface area contributed by atoms with Gasteiger partial charge in [-0.2, -0.15) is 18.3 Å². The molecule has 27 heavy (non-hydrogen) atoms. The highest BCUT2D eigenvalue weighted by Crippen LogP contribution is 2.34. The van der Waals surface area contributed by atoms with E-state index in [4.69, 9.17) is 0 Å². The van der Waals surface area contributed by atoms with E-state index >= 15 is 0 Å². The average molecular weight is 386 g/mol. The number of nitrogens with one attached hydrogen (secondary N) is 1. The molecule has 1 fully saturated rings. The second-order valence-corrected chi connectivity index (χ2v) is 7.46. The minimum absolute atomic E-state index is 0.128. The van der Waals surface area contributed by atoms with E-state index in [9.17, 15) is 22.8 Å². The zero-order valence-corrected chi connectivity index (χ0v) is 15.6. The molecule has 9 heteroatoms. The summed E-state index contributed by atoms with van der Waals surface area (Å²) in [5, 5.41) is 6.23. The molecule has 0 saturated carbocycles. The molecule has 0 bridgehead atoms. The van der Waals surface area contributed by atoms with Gasteiger partial charge in [-0.3, -0.25) is 14.3 Å². The highest BCUT2D eigenvalue weighted by molar-refractivity contribution is 5.86. The summed E-state index contributed by atoms with van der Waals surface area (Å²) in [5.74, 6) is -0.135. The topological polar surface area (TPSA) is 67.2 Å². The molecule has 0 unspecified atom stereocenters. The monoisotopic (exact) mass is 386 g/mol. The minimum atomic E-state index is -4.51. The summed E-state index contributed by atoms with van der Waals surface area (Å²) in [4.78, 5) is 25.4. The first-order valence-corrected chi connectivity index (χ1v) is 8.81. The summed E-state index contributed by atoms with van der Waals surface area (Å²) >= 11 is 0. The summed E-state index contributed by atoms with van der Waals surface area (Å²) in [6.07, 6.45) is -0.569. The van der Waals surface area contributed by atoms with E-state index in [0.29, 0.717) is 25.6 Å². The van der Waals surface area contributed by atoms with Gasteiger partial charge in [-0.15, -0.1) is 0 Å². The number of likely N-dealkylation sites (tertiary alicyclic amines) is 1. The van der Waals surface area contributed by atoms with Crippen LogP contribution in [0.3, 0.4) is 0 Å². The summed E-state index contributed by atoms with van der Waals surface area (Å²) in [5.41, 5.74) is -1.13. The fraction of sp³-hybridized carbons (Fsp3) is 0.611. The maximum atomic E-state index is 12.6. The number of carbonyl (C=O) groups excluding carboxylic acids is 2. The van der Waals surface area contributed by atoms with Crippen LogP contribution in [-0.2, 0) is 22.3 Å². The maximum Gasteiger partial charge on any atom is 0.435 e. The molecule has 2 rings (SSSR count). The molecule has 2 amide bonds. The number of piperidine rings is 1. The van der Waals surface area contributed by atoms with Gasteiger partial charge in [0.05, 0.1) is 0 Å². The van der Waals surface area contributed by atoms with Crippen LogP contribution >= 0.6 is 0 Å². The Kier molecular flexibility index (Phi) is 6.33. The molecule has 2 heterocycles. The average Bonchev–Trinajstić information content (AvgIpc) is 3.08. The van der Waals surface area contributed by atoms with Crippen LogP contribution < -0.4 is 5.32 Å². The molecule has 1 aliphatic heterocycles. The highest BCUT2D eigenvalue weighted by atomic mass is 19.4. The maximum absolute atomic E-state index is 12.6. The summed E-state index contributed by atoms with van der Waals surface area (Å²) in [6, 6.07) is 0.861. The third kappa shape index (κ3) is 5.58. The van der Waals surface area contributed by atoms with Gasteiger partial charge < -0.3 is 10.2 Å². The molecule has 1 saturated heterocycles. The van der Waals surface area contributed by atoms with E-state index in [2.05, 4.69) is 30.8 Å². The predicted molar refractivity (Wildman–Crippen MR) is 93.5 cm³/mol. The van der Waals surface area contributed by atoms with Crippen LogP contribution in [-0.4, -0.2) is 46.1 Å². The van der Waals surface area contributed by atoms with Crippen molar-refractivity contribution in [1.82, 2.24) is 20.0 Å². The van der Waals surface area contributed by atoms with E-state index in [1.807, 2.05) is 0 Å². The lowest BCUT2D eigenvalue weighted by molar-refractivity contribution is -0.142. The van der Waals surface area contributed by atoms with Gasteiger partial charge >= 0.3 is 6.18 Å².